The molecule has 1 aromatic carbocycles. The minimum absolute atomic E-state index is 0.486. The summed E-state index contributed by atoms with van der Waals surface area (Å²) in [4.78, 5) is 4.44. The van der Waals surface area contributed by atoms with Crippen LogP contribution in [0.1, 0.15) is 25.3 Å². The summed E-state index contributed by atoms with van der Waals surface area (Å²) in [7, 11) is 0. The summed E-state index contributed by atoms with van der Waals surface area (Å²) in [5.74, 6) is 0.486. The van der Waals surface area contributed by atoms with Crippen LogP contribution < -0.4 is 0 Å². The van der Waals surface area contributed by atoms with Crippen molar-refractivity contribution < 1.29 is 0 Å². The van der Waals surface area contributed by atoms with Gasteiger partial charge in [-0.15, -0.1) is 0 Å². The maximum Gasteiger partial charge on any atom is 0.0703 e. The largest absolute Gasteiger partial charge is 0.256 e. The van der Waals surface area contributed by atoms with Crippen LogP contribution in [-0.2, 0) is 0 Å². The molecule has 0 aliphatic rings. The second-order valence-electron chi connectivity index (χ2n) is 4.29. The molecular formula is C14H13Cl2N. The fourth-order valence-corrected chi connectivity index (χ4v) is 2.15. The van der Waals surface area contributed by atoms with Crippen molar-refractivity contribution in [1.29, 1.82) is 0 Å². The van der Waals surface area contributed by atoms with Crippen molar-refractivity contribution in [2.75, 3.05) is 0 Å². The van der Waals surface area contributed by atoms with Crippen molar-refractivity contribution in [2.45, 2.75) is 19.8 Å². The van der Waals surface area contributed by atoms with Gasteiger partial charge in [0, 0.05) is 21.8 Å². The molecule has 1 aromatic heterocycles. The molecule has 0 aliphatic carbocycles. The van der Waals surface area contributed by atoms with Gasteiger partial charge in [-0.25, -0.2) is 0 Å². The first-order valence-electron chi connectivity index (χ1n) is 5.48. The van der Waals surface area contributed by atoms with Gasteiger partial charge in [-0.1, -0.05) is 43.1 Å². The van der Waals surface area contributed by atoms with Gasteiger partial charge in [0.1, 0.15) is 0 Å². The maximum absolute atomic E-state index is 5.97. The van der Waals surface area contributed by atoms with E-state index in [1.54, 1.807) is 6.07 Å². The molecule has 0 unspecified atom stereocenters. The van der Waals surface area contributed by atoms with Crippen LogP contribution in [-0.4, -0.2) is 4.98 Å². The predicted octanol–water partition coefficient (Wildman–Crippen LogP) is 5.18. The van der Waals surface area contributed by atoms with Gasteiger partial charge in [0.2, 0.25) is 0 Å². The number of pyridine rings is 1. The van der Waals surface area contributed by atoms with E-state index in [-0.39, 0.29) is 0 Å². The summed E-state index contributed by atoms with van der Waals surface area (Å²) in [6, 6.07) is 9.53. The van der Waals surface area contributed by atoms with Gasteiger partial charge in [-0.2, -0.15) is 0 Å². The normalized spacial score (nSPS) is 10.9. The van der Waals surface area contributed by atoms with Crippen LogP contribution in [0.25, 0.3) is 11.3 Å². The van der Waals surface area contributed by atoms with E-state index < -0.39 is 0 Å². The molecule has 0 radical (unpaired) electrons. The number of benzene rings is 1. The Hall–Kier alpha value is -1.05. The lowest BCUT2D eigenvalue weighted by atomic mass is 10.0. The van der Waals surface area contributed by atoms with E-state index >= 15 is 0 Å². The fourth-order valence-electron chi connectivity index (χ4n) is 1.62. The Balaban J connectivity index is 2.39. The lowest BCUT2D eigenvalue weighted by Crippen LogP contribution is -1.90. The van der Waals surface area contributed by atoms with E-state index in [0.717, 1.165) is 11.3 Å². The highest BCUT2D eigenvalue weighted by Gasteiger charge is 2.04. The van der Waals surface area contributed by atoms with E-state index in [4.69, 9.17) is 23.2 Å². The first-order valence-corrected chi connectivity index (χ1v) is 6.24. The van der Waals surface area contributed by atoms with Gasteiger partial charge >= 0.3 is 0 Å². The third-order valence-corrected chi connectivity index (χ3v) is 3.05. The molecule has 88 valence electrons. The molecule has 0 atom stereocenters. The molecule has 0 saturated heterocycles. The monoisotopic (exact) mass is 265 g/mol. The van der Waals surface area contributed by atoms with Gasteiger partial charge in [-0.3, -0.25) is 4.98 Å². The second kappa shape index (κ2) is 5.07. The molecule has 0 aliphatic heterocycles. The summed E-state index contributed by atoms with van der Waals surface area (Å²) in [6.07, 6.45) is 1.90. The van der Waals surface area contributed by atoms with Crippen LogP contribution in [0.4, 0.5) is 0 Å². The Bertz CT molecular complexity index is 498. The molecule has 2 rings (SSSR count). The highest BCUT2D eigenvalue weighted by molar-refractivity contribution is 6.35. The lowest BCUT2D eigenvalue weighted by Gasteiger charge is -2.07. The van der Waals surface area contributed by atoms with Gasteiger partial charge in [0.15, 0.2) is 0 Å². The van der Waals surface area contributed by atoms with Crippen molar-refractivity contribution in [3.63, 3.8) is 0 Å². The third-order valence-electron chi connectivity index (χ3n) is 2.61. The zero-order chi connectivity index (χ0) is 12.4. The Morgan fingerprint density at radius 1 is 1.00 bits per heavy atom. The third kappa shape index (κ3) is 2.99. The number of hydrogen-bond acceptors (Lipinski definition) is 1. The summed E-state index contributed by atoms with van der Waals surface area (Å²) in [5, 5.41) is 1.25. The Morgan fingerprint density at radius 3 is 2.12 bits per heavy atom. The van der Waals surface area contributed by atoms with Crippen LogP contribution in [0.5, 0.6) is 0 Å². The summed E-state index contributed by atoms with van der Waals surface area (Å²) < 4.78 is 0. The summed E-state index contributed by atoms with van der Waals surface area (Å²) >= 11 is 11.9. The standard InChI is InChI=1S/C14H13Cl2N/c1-9(2)10-3-4-14(17-8-10)11-5-12(15)7-13(16)6-11/h3-9H,1-2H3. The second-order valence-corrected chi connectivity index (χ2v) is 5.16. The van der Waals surface area contributed by atoms with Crippen molar-refractivity contribution in [1.82, 2.24) is 4.98 Å². The van der Waals surface area contributed by atoms with Crippen molar-refractivity contribution >= 4 is 23.2 Å². The SMILES string of the molecule is CC(C)c1ccc(-c2cc(Cl)cc(Cl)c2)nc1. The average Bonchev–Trinajstić information content (AvgIpc) is 2.28. The predicted molar refractivity (Wildman–Crippen MR) is 73.8 cm³/mol. The molecule has 0 fully saturated rings. The number of nitrogens with zero attached hydrogens (tertiary/aromatic N) is 1. The average molecular weight is 266 g/mol. The molecule has 17 heavy (non-hydrogen) atoms. The van der Waals surface area contributed by atoms with Crippen LogP contribution in [0.15, 0.2) is 36.5 Å². The number of aromatic nitrogens is 1. The van der Waals surface area contributed by atoms with Crippen molar-refractivity contribution in [3.8, 4) is 11.3 Å². The number of hydrogen-bond donors (Lipinski definition) is 0. The van der Waals surface area contributed by atoms with Gasteiger partial charge in [0.05, 0.1) is 5.69 Å². The molecule has 1 heterocycles. The Labute approximate surface area is 111 Å². The highest BCUT2D eigenvalue weighted by atomic mass is 35.5. The van der Waals surface area contributed by atoms with E-state index in [2.05, 4.69) is 24.9 Å². The number of rotatable bonds is 2. The van der Waals surface area contributed by atoms with E-state index in [1.165, 1.54) is 5.56 Å². The van der Waals surface area contributed by atoms with Gasteiger partial charge in [0.25, 0.3) is 0 Å². The van der Waals surface area contributed by atoms with Crippen LogP contribution in [0, 0.1) is 0 Å². The van der Waals surface area contributed by atoms with Gasteiger partial charge in [-0.05, 0) is 35.7 Å². The summed E-state index contributed by atoms with van der Waals surface area (Å²) in [6.45, 7) is 4.29. The first kappa shape index (κ1) is 12.4. The molecule has 0 bridgehead atoms. The smallest absolute Gasteiger partial charge is 0.0703 e. The Kier molecular flexibility index (Phi) is 3.70. The van der Waals surface area contributed by atoms with Gasteiger partial charge < -0.3 is 0 Å². The molecule has 0 amide bonds. The van der Waals surface area contributed by atoms with E-state index in [1.807, 2.05) is 24.4 Å². The summed E-state index contributed by atoms with van der Waals surface area (Å²) in [5.41, 5.74) is 3.05. The minimum atomic E-state index is 0.486. The molecule has 0 saturated carbocycles. The van der Waals surface area contributed by atoms with Crippen molar-refractivity contribution in [2.24, 2.45) is 0 Å². The fraction of sp³-hybridized carbons (Fsp3) is 0.214. The zero-order valence-corrected chi connectivity index (χ0v) is 11.3. The van der Waals surface area contributed by atoms with E-state index in [0.29, 0.717) is 16.0 Å². The Morgan fingerprint density at radius 2 is 1.65 bits per heavy atom. The van der Waals surface area contributed by atoms with Crippen LogP contribution in [0.2, 0.25) is 10.0 Å². The van der Waals surface area contributed by atoms with Crippen molar-refractivity contribution in [3.05, 3.63) is 52.1 Å². The topological polar surface area (TPSA) is 12.9 Å². The quantitative estimate of drug-likeness (QED) is 0.729. The maximum atomic E-state index is 5.97. The van der Waals surface area contributed by atoms with E-state index in [9.17, 15) is 0 Å². The number of halogens is 2. The first-order chi connectivity index (χ1) is 8.06. The molecule has 2 aromatic rings. The molecule has 3 heteroatoms. The van der Waals surface area contributed by atoms with Crippen LogP contribution >= 0.6 is 23.2 Å². The lowest BCUT2D eigenvalue weighted by molar-refractivity contribution is 0.859. The highest BCUT2D eigenvalue weighted by Crippen LogP contribution is 2.26. The molecule has 0 N–H and O–H groups in total. The zero-order valence-electron chi connectivity index (χ0n) is 9.74. The molecule has 0 spiro atoms. The molecular weight excluding hydrogens is 253 g/mol. The van der Waals surface area contributed by atoms with Crippen LogP contribution in [0.3, 0.4) is 0 Å². The molecule has 1 nitrogen and oxygen atoms in total. The minimum Gasteiger partial charge on any atom is -0.256 e.